The molecule has 88 valence electrons. The lowest BCUT2D eigenvalue weighted by atomic mass is 10.2. The Labute approximate surface area is 97.5 Å². The molecule has 0 unspecified atom stereocenters. The summed E-state index contributed by atoms with van der Waals surface area (Å²) in [7, 11) is -1.02. The summed E-state index contributed by atoms with van der Waals surface area (Å²) in [6.45, 7) is 2.08. The van der Waals surface area contributed by atoms with Crippen molar-refractivity contribution < 1.29 is 13.7 Å². The Bertz CT molecular complexity index is 406. The van der Waals surface area contributed by atoms with Gasteiger partial charge in [-0.05, 0) is 5.56 Å². The normalized spacial score (nSPS) is 12.3. The van der Waals surface area contributed by atoms with Crippen molar-refractivity contribution >= 4 is 21.7 Å². The maximum Gasteiger partial charge on any atom is 0.307 e. The molecule has 1 rings (SSSR count). The van der Waals surface area contributed by atoms with Gasteiger partial charge in [0.2, 0.25) is 0 Å². The Morgan fingerprint density at radius 3 is 2.69 bits per heavy atom. The Balaban J connectivity index is 2.34. The van der Waals surface area contributed by atoms with Crippen molar-refractivity contribution in [3.8, 4) is 0 Å². The highest BCUT2D eigenvalue weighted by Gasteiger charge is 1.98. The zero-order valence-electron chi connectivity index (χ0n) is 9.22. The van der Waals surface area contributed by atoms with Crippen molar-refractivity contribution in [2.45, 2.75) is 20.0 Å². The fraction of sp³-hybridized carbons (Fsp3) is 0.333. The summed E-state index contributed by atoms with van der Waals surface area (Å²) in [5, 5.41) is 1.48. The van der Waals surface area contributed by atoms with E-state index in [1.54, 1.807) is 0 Å². The molecule has 0 bridgehead atoms. The number of ether oxygens (including phenoxy) is 1. The number of benzene rings is 1. The molecule has 3 nitrogen and oxygen atoms in total. The highest BCUT2D eigenvalue weighted by molar-refractivity contribution is 7.83. The van der Waals surface area contributed by atoms with Gasteiger partial charge in [-0.2, -0.15) is 5.37 Å². The predicted molar refractivity (Wildman–Crippen MR) is 65.5 cm³/mol. The number of rotatable bonds is 5. The van der Waals surface area contributed by atoms with E-state index in [0.717, 1.165) is 5.56 Å². The third kappa shape index (κ3) is 4.98. The molecule has 0 fully saturated rings. The minimum atomic E-state index is -1.02. The van der Waals surface area contributed by atoms with Gasteiger partial charge in [-0.1, -0.05) is 37.3 Å². The second-order valence-corrected chi connectivity index (χ2v) is 4.86. The van der Waals surface area contributed by atoms with Gasteiger partial charge >= 0.3 is 5.97 Å². The number of carbonyl (C=O) groups is 1. The molecule has 1 aromatic carbocycles. The molecule has 0 aliphatic rings. The molecule has 0 aromatic heterocycles. The molecule has 4 heteroatoms. The quantitative estimate of drug-likeness (QED) is 0.448. The first-order valence-corrected chi connectivity index (χ1v) is 6.50. The largest absolute Gasteiger partial charge is 0.461 e. The molecule has 0 N–H and O–H groups in total. The van der Waals surface area contributed by atoms with Crippen LogP contribution in [-0.4, -0.2) is 17.1 Å². The molecule has 0 saturated heterocycles. The van der Waals surface area contributed by atoms with Gasteiger partial charge in [0.25, 0.3) is 0 Å². The zero-order chi connectivity index (χ0) is 11.8. The highest BCUT2D eigenvalue weighted by atomic mass is 32.2. The highest BCUT2D eigenvalue weighted by Crippen LogP contribution is 2.01. The van der Waals surface area contributed by atoms with Crippen molar-refractivity contribution in [2.75, 3.05) is 5.75 Å². The summed E-state index contributed by atoms with van der Waals surface area (Å²) in [5.74, 6) is 0.192. The smallest absolute Gasteiger partial charge is 0.307 e. The van der Waals surface area contributed by atoms with Gasteiger partial charge in [-0.25, -0.2) is 0 Å². The molecular formula is C12H15O3S-. The van der Waals surface area contributed by atoms with E-state index >= 15 is 0 Å². The molecule has 0 atom stereocenters. The van der Waals surface area contributed by atoms with Crippen LogP contribution in [0.2, 0.25) is 0 Å². The third-order valence-corrected chi connectivity index (χ3v) is 3.07. The van der Waals surface area contributed by atoms with Crippen LogP contribution in [0.5, 0.6) is 0 Å². The summed E-state index contributed by atoms with van der Waals surface area (Å²) in [6, 6.07) is 9.47. The Kier molecular flexibility index (Phi) is 5.64. The number of esters is 1. The first-order valence-electron chi connectivity index (χ1n) is 5.12. The lowest BCUT2D eigenvalue weighted by molar-refractivity contribution is -0.143. The van der Waals surface area contributed by atoms with Gasteiger partial charge in [0.1, 0.15) is 6.61 Å². The van der Waals surface area contributed by atoms with Crippen LogP contribution in [0.4, 0.5) is 0 Å². The zero-order valence-corrected chi connectivity index (χ0v) is 10.0. The van der Waals surface area contributed by atoms with E-state index < -0.39 is 10.4 Å². The molecule has 0 spiro atoms. The van der Waals surface area contributed by atoms with Crippen molar-refractivity contribution in [3.05, 3.63) is 35.9 Å². The van der Waals surface area contributed by atoms with Crippen LogP contribution in [0.1, 0.15) is 18.9 Å². The van der Waals surface area contributed by atoms with Crippen LogP contribution in [-0.2, 0) is 30.7 Å². The molecule has 0 saturated carbocycles. The molecule has 0 amide bonds. The van der Waals surface area contributed by atoms with Crippen LogP contribution >= 0.6 is 0 Å². The van der Waals surface area contributed by atoms with E-state index in [-0.39, 0.29) is 19.0 Å². The summed E-state index contributed by atoms with van der Waals surface area (Å²) >= 11 is 0. The monoisotopic (exact) mass is 239 g/mol. The van der Waals surface area contributed by atoms with E-state index in [0.29, 0.717) is 5.75 Å². The third-order valence-electron chi connectivity index (χ3n) is 1.96. The van der Waals surface area contributed by atoms with Crippen LogP contribution in [0.15, 0.2) is 30.3 Å². The van der Waals surface area contributed by atoms with E-state index in [2.05, 4.69) is 0 Å². The molecule has 1 aromatic rings. The first-order chi connectivity index (χ1) is 7.72. The molecule has 0 aliphatic heterocycles. The van der Waals surface area contributed by atoms with Crippen LogP contribution in [0, 0.1) is 0 Å². The Morgan fingerprint density at radius 1 is 1.38 bits per heavy atom. The number of carbonyl (C=O) groups excluding carboxylic acids is 1. The van der Waals surface area contributed by atoms with Crippen molar-refractivity contribution in [3.63, 3.8) is 0 Å². The van der Waals surface area contributed by atoms with Gasteiger partial charge in [-0.15, -0.1) is 5.75 Å². The van der Waals surface area contributed by atoms with Crippen LogP contribution in [0.3, 0.4) is 0 Å². The van der Waals surface area contributed by atoms with Crippen LogP contribution < -0.4 is 0 Å². The minimum absolute atomic E-state index is 0.104. The maximum atomic E-state index is 11.2. The fourth-order valence-corrected chi connectivity index (χ4v) is 1.63. The van der Waals surface area contributed by atoms with Gasteiger partial charge < -0.3 is 8.95 Å². The van der Waals surface area contributed by atoms with E-state index in [1.807, 2.05) is 37.3 Å². The van der Waals surface area contributed by atoms with E-state index in [1.165, 1.54) is 5.37 Å². The average Bonchev–Trinajstić information content (AvgIpc) is 2.34. The molecule has 0 heterocycles. The summed E-state index contributed by atoms with van der Waals surface area (Å²) < 4.78 is 16.1. The van der Waals surface area contributed by atoms with Crippen LogP contribution in [0.25, 0.3) is 0 Å². The van der Waals surface area contributed by atoms with E-state index in [4.69, 9.17) is 4.74 Å². The lowest BCUT2D eigenvalue weighted by Crippen LogP contribution is -2.05. The summed E-state index contributed by atoms with van der Waals surface area (Å²) in [6.07, 6.45) is 0.104. The Hall–Kier alpha value is -1.29. The molecule has 0 radical (unpaired) electrons. The van der Waals surface area contributed by atoms with Crippen molar-refractivity contribution in [1.29, 1.82) is 0 Å². The van der Waals surface area contributed by atoms with Crippen molar-refractivity contribution in [2.24, 2.45) is 0 Å². The predicted octanol–water partition coefficient (Wildman–Crippen LogP) is 1.91. The minimum Gasteiger partial charge on any atom is -0.461 e. The van der Waals surface area contributed by atoms with Gasteiger partial charge in [0, 0.05) is 6.42 Å². The molecule has 16 heavy (non-hydrogen) atoms. The second-order valence-electron chi connectivity index (χ2n) is 3.19. The number of hydrogen-bond acceptors (Lipinski definition) is 4. The molecular weight excluding hydrogens is 224 g/mol. The SMILES string of the molecule is CC[S-](=O)=CCC(=O)OCc1ccccc1. The maximum absolute atomic E-state index is 11.2. The summed E-state index contributed by atoms with van der Waals surface area (Å²) in [5.41, 5.74) is 0.951. The standard InChI is InChI=1S/C12H15O3S/c1-2-16(14)9-8-12(13)15-10-11-6-4-3-5-7-11/h3-7,9H,2,8,10H2,1H3/q-1. The van der Waals surface area contributed by atoms with E-state index in [9.17, 15) is 9.00 Å². The summed E-state index contributed by atoms with van der Waals surface area (Å²) in [4.78, 5) is 11.2. The second kappa shape index (κ2) is 7.06. The number of hydrogen-bond donors (Lipinski definition) is 0. The Morgan fingerprint density at radius 2 is 2.06 bits per heavy atom. The van der Waals surface area contributed by atoms with Gasteiger partial charge in [-0.3, -0.25) is 15.2 Å². The topological polar surface area (TPSA) is 43.4 Å². The first kappa shape index (κ1) is 12.8. The van der Waals surface area contributed by atoms with Crippen molar-refractivity contribution in [1.82, 2.24) is 0 Å². The fourth-order valence-electron chi connectivity index (χ4n) is 1.08. The average molecular weight is 239 g/mol. The van der Waals surface area contributed by atoms with Gasteiger partial charge in [0.05, 0.1) is 0 Å². The molecule has 0 aliphatic carbocycles. The van der Waals surface area contributed by atoms with Gasteiger partial charge in [0.15, 0.2) is 0 Å². The lowest BCUT2D eigenvalue weighted by Gasteiger charge is -2.04.